The van der Waals surface area contributed by atoms with Crippen LogP contribution >= 0.6 is 39.1 Å². The predicted octanol–water partition coefficient (Wildman–Crippen LogP) is 5.92. The number of hydrogen-bond acceptors (Lipinski definition) is 4. The molecular weight excluding hydrogens is 475 g/mol. The summed E-state index contributed by atoms with van der Waals surface area (Å²) in [6.45, 7) is 6.68. The number of nitrogens with zero attached hydrogens (tertiary/aromatic N) is 1. The Morgan fingerprint density at radius 2 is 2.07 bits per heavy atom. The van der Waals surface area contributed by atoms with Gasteiger partial charge in [-0.3, -0.25) is 4.90 Å². The maximum Gasteiger partial charge on any atom is 0.175 e. The minimum Gasteiger partial charge on any atom is -0.493 e. The summed E-state index contributed by atoms with van der Waals surface area (Å²) in [4.78, 5) is 2.54. The fraction of sp³-hybridized carbons (Fsp3) is 0.455. The number of nitrogens with one attached hydrogen (secondary N) is 1. The van der Waals surface area contributed by atoms with Crippen molar-refractivity contribution in [2.45, 2.75) is 39.0 Å². The number of benzene rings is 2. The van der Waals surface area contributed by atoms with Crippen molar-refractivity contribution in [3.05, 3.63) is 56.0 Å². The van der Waals surface area contributed by atoms with Crippen LogP contribution < -0.4 is 14.8 Å². The van der Waals surface area contributed by atoms with Crippen LogP contribution in [0.25, 0.3) is 0 Å². The standard InChI is InChI=1S/C22H27BrCl2N2O2/c1-3-27-8-4-5-18(27)13-26-12-15-9-19(23)22(21(10-15)28-2)29-14-16-6-7-17(24)11-20(16)25/h6-7,9-11,18,26H,3-5,8,12-14H2,1-2H3/t18-/m0/s1. The highest BCUT2D eigenvalue weighted by atomic mass is 79.9. The molecule has 2 aromatic rings. The molecule has 0 amide bonds. The Kier molecular flexibility index (Phi) is 8.51. The van der Waals surface area contributed by atoms with Gasteiger partial charge in [-0.15, -0.1) is 0 Å². The van der Waals surface area contributed by atoms with Gasteiger partial charge in [0.1, 0.15) is 6.61 Å². The highest BCUT2D eigenvalue weighted by Crippen LogP contribution is 2.37. The van der Waals surface area contributed by atoms with E-state index < -0.39 is 0 Å². The molecule has 1 heterocycles. The first-order valence-corrected chi connectivity index (χ1v) is 11.4. The van der Waals surface area contributed by atoms with Crippen LogP contribution in [-0.2, 0) is 13.2 Å². The molecule has 0 saturated carbocycles. The Hall–Kier alpha value is -0.980. The molecule has 1 N–H and O–H groups in total. The molecule has 1 saturated heterocycles. The molecule has 1 atom stereocenters. The van der Waals surface area contributed by atoms with Gasteiger partial charge in [0, 0.05) is 34.7 Å². The van der Waals surface area contributed by atoms with Gasteiger partial charge in [-0.2, -0.15) is 0 Å². The van der Waals surface area contributed by atoms with Crippen LogP contribution in [0.15, 0.2) is 34.8 Å². The van der Waals surface area contributed by atoms with E-state index in [9.17, 15) is 0 Å². The zero-order chi connectivity index (χ0) is 20.8. The van der Waals surface area contributed by atoms with Gasteiger partial charge in [0.15, 0.2) is 11.5 Å². The lowest BCUT2D eigenvalue weighted by Crippen LogP contribution is -2.37. The minimum atomic E-state index is 0.330. The van der Waals surface area contributed by atoms with Gasteiger partial charge in [0.25, 0.3) is 0 Å². The Balaban J connectivity index is 1.62. The van der Waals surface area contributed by atoms with Crippen molar-refractivity contribution in [3.8, 4) is 11.5 Å². The fourth-order valence-corrected chi connectivity index (χ4v) is 4.80. The molecule has 4 nitrogen and oxygen atoms in total. The normalized spacial score (nSPS) is 16.9. The van der Waals surface area contributed by atoms with Crippen LogP contribution in [0.1, 0.15) is 30.9 Å². The molecule has 0 aliphatic carbocycles. The van der Waals surface area contributed by atoms with Crippen molar-refractivity contribution in [1.82, 2.24) is 10.2 Å². The molecule has 1 aliphatic heterocycles. The Bertz CT molecular complexity index is 835. The SMILES string of the molecule is CCN1CCC[C@H]1CNCc1cc(Br)c(OCc2ccc(Cl)cc2Cl)c(OC)c1. The lowest BCUT2D eigenvalue weighted by Gasteiger charge is -2.23. The Labute approximate surface area is 191 Å². The molecule has 0 spiro atoms. The van der Waals surface area contributed by atoms with E-state index in [4.69, 9.17) is 32.7 Å². The summed E-state index contributed by atoms with van der Waals surface area (Å²) in [6, 6.07) is 10.1. The molecule has 2 aromatic carbocycles. The van der Waals surface area contributed by atoms with E-state index in [1.165, 1.54) is 19.4 Å². The van der Waals surface area contributed by atoms with E-state index in [-0.39, 0.29) is 0 Å². The molecule has 1 fully saturated rings. The average Bonchev–Trinajstić information content (AvgIpc) is 3.15. The van der Waals surface area contributed by atoms with Crippen LogP contribution in [0.2, 0.25) is 10.0 Å². The van der Waals surface area contributed by atoms with E-state index >= 15 is 0 Å². The van der Waals surface area contributed by atoms with Crippen LogP contribution in [0.5, 0.6) is 11.5 Å². The summed E-state index contributed by atoms with van der Waals surface area (Å²) in [6.07, 6.45) is 2.57. The summed E-state index contributed by atoms with van der Waals surface area (Å²) < 4.78 is 12.4. The molecule has 0 radical (unpaired) electrons. The van der Waals surface area contributed by atoms with Crippen molar-refractivity contribution >= 4 is 39.1 Å². The van der Waals surface area contributed by atoms with Crippen molar-refractivity contribution in [3.63, 3.8) is 0 Å². The second kappa shape index (κ2) is 10.9. The maximum absolute atomic E-state index is 6.25. The largest absolute Gasteiger partial charge is 0.493 e. The van der Waals surface area contributed by atoms with E-state index in [0.717, 1.165) is 35.2 Å². The summed E-state index contributed by atoms with van der Waals surface area (Å²) in [5.41, 5.74) is 2.01. The average molecular weight is 502 g/mol. The van der Waals surface area contributed by atoms with Gasteiger partial charge < -0.3 is 14.8 Å². The molecule has 1 aliphatic rings. The third-order valence-electron chi connectivity index (χ3n) is 5.29. The fourth-order valence-electron chi connectivity index (χ4n) is 3.73. The molecule has 158 valence electrons. The molecule has 0 bridgehead atoms. The molecule has 29 heavy (non-hydrogen) atoms. The molecule has 0 unspecified atom stereocenters. The molecular formula is C22H27BrCl2N2O2. The monoisotopic (exact) mass is 500 g/mol. The number of rotatable bonds is 9. The number of likely N-dealkylation sites (tertiary alicyclic amines) is 1. The van der Waals surface area contributed by atoms with Gasteiger partial charge in [0.05, 0.1) is 11.6 Å². The summed E-state index contributed by atoms with van der Waals surface area (Å²) >= 11 is 15.8. The van der Waals surface area contributed by atoms with E-state index in [1.807, 2.05) is 12.1 Å². The van der Waals surface area contributed by atoms with E-state index in [2.05, 4.69) is 39.1 Å². The molecule has 7 heteroatoms. The van der Waals surface area contributed by atoms with Gasteiger partial charge in [-0.1, -0.05) is 36.2 Å². The number of ether oxygens (including phenoxy) is 2. The maximum atomic E-state index is 6.25. The van der Waals surface area contributed by atoms with Crippen molar-refractivity contribution in [1.29, 1.82) is 0 Å². The van der Waals surface area contributed by atoms with Gasteiger partial charge >= 0.3 is 0 Å². The van der Waals surface area contributed by atoms with Crippen LogP contribution in [0.4, 0.5) is 0 Å². The quantitative estimate of drug-likeness (QED) is 0.462. The first-order valence-electron chi connectivity index (χ1n) is 9.89. The second-order valence-electron chi connectivity index (χ2n) is 7.19. The van der Waals surface area contributed by atoms with Crippen molar-refractivity contribution < 1.29 is 9.47 Å². The van der Waals surface area contributed by atoms with Crippen molar-refractivity contribution in [2.24, 2.45) is 0 Å². The molecule has 0 aromatic heterocycles. The number of hydrogen-bond donors (Lipinski definition) is 1. The third kappa shape index (κ3) is 6.02. The smallest absolute Gasteiger partial charge is 0.175 e. The number of likely N-dealkylation sites (N-methyl/N-ethyl adjacent to an activating group) is 1. The van der Waals surface area contributed by atoms with Crippen LogP contribution in [0, 0.1) is 0 Å². The van der Waals surface area contributed by atoms with E-state index in [0.29, 0.717) is 34.2 Å². The Morgan fingerprint density at radius 3 is 2.79 bits per heavy atom. The molecule has 3 rings (SSSR count). The number of methoxy groups -OCH3 is 1. The van der Waals surface area contributed by atoms with Gasteiger partial charge in [-0.25, -0.2) is 0 Å². The Morgan fingerprint density at radius 1 is 1.24 bits per heavy atom. The highest BCUT2D eigenvalue weighted by Gasteiger charge is 2.22. The summed E-state index contributed by atoms with van der Waals surface area (Å²) in [7, 11) is 1.65. The third-order valence-corrected chi connectivity index (χ3v) is 6.47. The lowest BCUT2D eigenvalue weighted by molar-refractivity contribution is 0.259. The minimum absolute atomic E-state index is 0.330. The first kappa shape index (κ1) is 22.7. The summed E-state index contributed by atoms with van der Waals surface area (Å²) in [5, 5.41) is 4.78. The van der Waals surface area contributed by atoms with Crippen LogP contribution in [0.3, 0.4) is 0 Å². The lowest BCUT2D eigenvalue weighted by atomic mass is 10.1. The van der Waals surface area contributed by atoms with Gasteiger partial charge in [0.2, 0.25) is 0 Å². The zero-order valence-electron chi connectivity index (χ0n) is 16.8. The zero-order valence-corrected chi connectivity index (χ0v) is 19.9. The van der Waals surface area contributed by atoms with Gasteiger partial charge in [-0.05, 0) is 71.7 Å². The second-order valence-corrected chi connectivity index (χ2v) is 8.89. The summed E-state index contributed by atoms with van der Waals surface area (Å²) in [5.74, 6) is 1.35. The van der Waals surface area contributed by atoms with Crippen LogP contribution in [-0.4, -0.2) is 37.7 Å². The topological polar surface area (TPSA) is 33.7 Å². The first-order chi connectivity index (χ1) is 14.0. The predicted molar refractivity (Wildman–Crippen MR) is 123 cm³/mol. The number of halogens is 3. The van der Waals surface area contributed by atoms with Crippen molar-refractivity contribution in [2.75, 3.05) is 26.7 Å². The highest BCUT2D eigenvalue weighted by molar-refractivity contribution is 9.10. The van der Waals surface area contributed by atoms with E-state index in [1.54, 1.807) is 19.2 Å².